The van der Waals surface area contributed by atoms with E-state index in [4.69, 9.17) is 14.4 Å². The molecule has 0 saturated carbocycles. The van der Waals surface area contributed by atoms with E-state index in [1.54, 1.807) is 30.3 Å². The lowest BCUT2D eigenvalue weighted by molar-refractivity contribution is -0.133. The summed E-state index contributed by atoms with van der Waals surface area (Å²) in [6, 6.07) is 14.2. The van der Waals surface area contributed by atoms with E-state index < -0.39 is 5.97 Å². The van der Waals surface area contributed by atoms with Gasteiger partial charge in [-0.1, -0.05) is 30.3 Å². The molecule has 19 heavy (non-hydrogen) atoms. The summed E-state index contributed by atoms with van der Waals surface area (Å²) >= 11 is 0. The van der Waals surface area contributed by atoms with Crippen LogP contribution in [0.5, 0.6) is 0 Å². The first-order valence-corrected chi connectivity index (χ1v) is 5.60. The van der Waals surface area contributed by atoms with Crippen molar-refractivity contribution in [1.82, 2.24) is 0 Å². The van der Waals surface area contributed by atoms with Gasteiger partial charge in [-0.15, -0.1) is 0 Å². The Kier molecular flexibility index (Phi) is 3.79. The lowest BCUT2D eigenvalue weighted by Crippen LogP contribution is -2.03. The van der Waals surface area contributed by atoms with Crippen LogP contribution >= 0.6 is 0 Å². The fourth-order valence-corrected chi connectivity index (χ4v) is 1.62. The van der Waals surface area contributed by atoms with Crippen molar-refractivity contribution < 1.29 is 13.9 Å². The first-order valence-electron chi connectivity index (χ1n) is 5.60. The molecule has 0 atom stereocenters. The fraction of sp³-hybridized carbons (Fsp3) is 0.0667. The van der Waals surface area contributed by atoms with Crippen LogP contribution in [0.2, 0.25) is 0 Å². The predicted octanol–water partition coefficient (Wildman–Crippen LogP) is 2.86. The Morgan fingerprint density at radius 1 is 1.26 bits per heavy atom. The third-order valence-corrected chi connectivity index (χ3v) is 2.51. The third-order valence-electron chi connectivity index (χ3n) is 2.51. The van der Waals surface area contributed by atoms with Gasteiger partial charge in [0.2, 0.25) is 5.76 Å². The van der Waals surface area contributed by atoms with Gasteiger partial charge in [-0.05, 0) is 23.8 Å². The molecule has 0 unspecified atom stereocenters. The maximum Gasteiger partial charge on any atom is 0.338 e. The number of benzene rings is 1. The summed E-state index contributed by atoms with van der Waals surface area (Å²) in [5, 5.41) is 8.70. The maximum atomic E-state index is 11.8. The van der Waals surface area contributed by atoms with Crippen molar-refractivity contribution in [3.05, 3.63) is 59.5 Å². The average molecular weight is 253 g/mol. The molecule has 2 aromatic rings. The number of nitrogens with zero attached hydrogens (tertiary/aromatic N) is 1. The first kappa shape index (κ1) is 12.7. The number of nitriles is 1. The van der Waals surface area contributed by atoms with Gasteiger partial charge >= 0.3 is 5.97 Å². The lowest BCUT2D eigenvalue weighted by Gasteiger charge is -2.04. The molecule has 0 saturated heterocycles. The Morgan fingerprint density at radius 2 is 2.00 bits per heavy atom. The molecule has 0 spiro atoms. The predicted molar refractivity (Wildman–Crippen MR) is 69.8 cm³/mol. The highest BCUT2D eigenvalue weighted by molar-refractivity contribution is 6.21. The molecule has 0 amide bonds. The number of rotatable bonds is 3. The quantitative estimate of drug-likeness (QED) is 0.623. The summed E-state index contributed by atoms with van der Waals surface area (Å²) < 4.78 is 9.99. The molecule has 0 N–H and O–H groups in total. The number of furan rings is 1. The van der Waals surface area contributed by atoms with Gasteiger partial charge in [0, 0.05) is 0 Å². The Bertz CT molecular complexity index is 648. The zero-order valence-corrected chi connectivity index (χ0v) is 10.3. The van der Waals surface area contributed by atoms with Crippen LogP contribution in [0.15, 0.2) is 46.9 Å². The molecule has 0 bridgehead atoms. The minimum Gasteiger partial charge on any atom is -0.465 e. The van der Waals surface area contributed by atoms with E-state index in [0.29, 0.717) is 11.3 Å². The Hall–Kier alpha value is -2.80. The Labute approximate surface area is 110 Å². The van der Waals surface area contributed by atoms with Gasteiger partial charge in [-0.25, -0.2) is 4.79 Å². The molecule has 2 rings (SSSR count). The second kappa shape index (κ2) is 5.69. The second-order valence-corrected chi connectivity index (χ2v) is 3.73. The van der Waals surface area contributed by atoms with Gasteiger partial charge in [0.25, 0.3) is 0 Å². The van der Waals surface area contributed by atoms with E-state index in [1.165, 1.54) is 7.11 Å². The van der Waals surface area contributed by atoms with Crippen molar-refractivity contribution in [2.75, 3.05) is 7.11 Å². The van der Waals surface area contributed by atoms with E-state index >= 15 is 0 Å². The SMILES string of the molecule is COC(=O)/C(=C/c1ccc(C#N)o1)c1ccccc1. The molecule has 4 nitrogen and oxygen atoms in total. The van der Waals surface area contributed by atoms with E-state index in [1.807, 2.05) is 24.3 Å². The van der Waals surface area contributed by atoms with E-state index in [2.05, 4.69) is 0 Å². The van der Waals surface area contributed by atoms with E-state index in [-0.39, 0.29) is 5.76 Å². The van der Waals surface area contributed by atoms with Crippen molar-refractivity contribution in [3.63, 3.8) is 0 Å². The standard InChI is InChI=1S/C15H11NO3/c1-18-15(17)14(11-5-3-2-4-6-11)9-12-7-8-13(10-16)19-12/h2-9H,1H3/b14-9+. The summed E-state index contributed by atoms with van der Waals surface area (Å²) in [6.45, 7) is 0. The molecule has 94 valence electrons. The van der Waals surface area contributed by atoms with Gasteiger partial charge in [0.15, 0.2) is 0 Å². The third kappa shape index (κ3) is 2.90. The molecule has 0 aliphatic heterocycles. The number of carbonyl (C=O) groups is 1. The molecule has 0 radical (unpaired) electrons. The van der Waals surface area contributed by atoms with Gasteiger partial charge in [-0.3, -0.25) is 0 Å². The van der Waals surface area contributed by atoms with Crippen molar-refractivity contribution in [1.29, 1.82) is 5.26 Å². The van der Waals surface area contributed by atoms with Crippen LogP contribution in [0.3, 0.4) is 0 Å². The largest absolute Gasteiger partial charge is 0.465 e. The highest BCUT2D eigenvalue weighted by atomic mass is 16.5. The smallest absolute Gasteiger partial charge is 0.338 e. The van der Waals surface area contributed by atoms with Crippen LogP contribution in [-0.2, 0) is 9.53 Å². The zero-order chi connectivity index (χ0) is 13.7. The van der Waals surface area contributed by atoms with Crippen molar-refractivity contribution in [2.24, 2.45) is 0 Å². The first-order chi connectivity index (χ1) is 9.24. The number of carbonyl (C=O) groups excluding carboxylic acids is 1. The van der Waals surface area contributed by atoms with Gasteiger partial charge in [-0.2, -0.15) is 5.26 Å². The average Bonchev–Trinajstić information content (AvgIpc) is 2.92. The van der Waals surface area contributed by atoms with Crippen LogP contribution < -0.4 is 0 Å². The van der Waals surface area contributed by atoms with Gasteiger partial charge < -0.3 is 9.15 Å². The molecule has 0 fully saturated rings. The van der Waals surface area contributed by atoms with Crippen LogP contribution in [0.1, 0.15) is 17.1 Å². The van der Waals surface area contributed by atoms with Crippen LogP contribution in [0.25, 0.3) is 11.6 Å². The molecule has 4 heteroatoms. The highest BCUT2D eigenvalue weighted by Gasteiger charge is 2.13. The molecular weight excluding hydrogens is 242 g/mol. The second-order valence-electron chi connectivity index (χ2n) is 3.73. The van der Waals surface area contributed by atoms with Crippen LogP contribution in [-0.4, -0.2) is 13.1 Å². The van der Waals surface area contributed by atoms with Gasteiger partial charge in [0.1, 0.15) is 11.8 Å². The molecule has 0 aliphatic rings. The van der Waals surface area contributed by atoms with Crippen molar-refractivity contribution in [3.8, 4) is 6.07 Å². The number of hydrogen-bond donors (Lipinski definition) is 0. The molecule has 1 heterocycles. The number of methoxy groups -OCH3 is 1. The summed E-state index contributed by atoms with van der Waals surface area (Å²) in [5.41, 5.74) is 1.10. The summed E-state index contributed by atoms with van der Waals surface area (Å²) in [4.78, 5) is 11.8. The number of hydrogen-bond acceptors (Lipinski definition) is 4. The Morgan fingerprint density at radius 3 is 2.58 bits per heavy atom. The van der Waals surface area contributed by atoms with E-state index in [0.717, 1.165) is 5.56 Å². The fourth-order valence-electron chi connectivity index (χ4n) is 1.62. The maximum absolute atomic E-state index is 11.8. The topological polar surface area (TPSA) is 63.2 Å². The monoisotopic (exact) mass is 253 g/mol. The van der Waals surface area contributed by atoms with Crippen molar-refractivity contribution in [2.45, 2.75) is 0 Å². The van der Waals surface area contributed by atoms with E-state index in [9.17, 15) is 4.79 Å². The molecule has 1 aromatic carbocycles. The normalized spacial score (nSPS) is 10.8. The molecule has 1 aromatic heterocycles. The highest BCUT2D eigenvalue weighted by Crippen LogP contribution is 2.20. The minimum absolute atomic E-state index is 0.198. The molecular formula is C15H11NO3. The lowest BCUT2D eigenvalue weighted by atomic mass is 10.1. The summed E-state index contributed by atoms with van der Waals surface area (Å²) in [7, 11) is 1.32. The van der Waals surface area contributed by atoms with Crippen molar-refractivity contribution >= 4 is 17.6 Å². The number of ether oxygens (including phenoxy) is 1. The minimum atomic E-state index is -0.457. The molecule has 0 aliphatic carbocycles. The van der Waals surface area contributed by atoms with Crippen LogP contribution in [0, 0.1) is 11.3 Å². The van der Waals surface area contributed by atoms with Gasteiger partial charge in [0.05, 0.1) is 12.7 Å². The zero-order valence-electron chi connectivity index (χ0n) is 10.3. The summed E-state index contributed by atoms with van der Waals surface area (Å²) in [6.07, 6.45) is 1.56. The Balaban J connectivity index is 2.44. The summed E-state index contributed by atoms with van der Waals surface area (Å²) in [5.74, 6) is 0.172. The number of esters is 1. The van der Waals surface area contributed by atoms with Crippen LogP contribution in [0.4, 0.5) is 0 Å².